The highest BCUT2D eigenvalue weighted by atomic mass is 32.2. The zero-order valence-corrected chi connectivity index (χ0v) is 18.0. The number of benzene rings is 2. The molecule has 2 aliphatic rings. The van der Waals surface area contributed by atoms with E-state index in [2.05, 4.69) is 10.2 Å². The fourth-order valence-corrected chi connectivity index (χ4v) is 4.48. The molecule has 0 aromatic heterocycles. The van der Waals surface area contributed by atoms with E-state index >= 15 is 0 Å². The highest BCUT2D eigenvalue weighted by molar-refractivity contribution is 7.99. The van der Waals surface area contributed by atoms with Crippen LogP contribution in [0.5, 0.6) is 17.2 Å². The average Bonchev–Trinajstić information content (AvgIpc) is 3.26. The molecule has 0 radical (unpaired) electrons. The van der Waals surface area contributed by atoms with E-state index in [4.69, 9.17) is 14.2 Å². The maximum absolute atomic E-state index is 12.7. The molecule has 4 rings (SSSR count). The van der Waals surface area contributed by atoms with E-state index in [1.807, 2.05) is 36.0 Å². The van der Waals surface area contributed by atoms with Crippen LogP contribution in [0.4, 0.5) is 5.69 Å². The van der Waals surface area contributed by atoms with Crippen LogP contribution in [0.3, 0.4) is 0 Å². The monoisotopic (exact) mass is 437 g/mol. The van der Waals surface area contributed by atoms with Gasteiger partial charge in [0.15, 0.2) is 11.5 Å². The van der Waals surface area contributed by atoms with Crippen molar-refractivity contribution >= 4 is 29.4 Å². The van der Waals surface area contributed by atoms with Crippen LogP contribution in [-0.2, 0) is 11.3 Å². The summed E-state index contributed by atoms with van der Waals surface area (Å²) in [4.78, 5) is 15.1. The lowest BCUT2D eigenvalue weighted by Gasteiger charge is -2.26. The van der Waals surface area contributed by atoms with E-state index < -0.39 is 5.91 Å². The van der Waals surface area contributed by atoms with Crippen molar-refractivity contribution in [2.45, 2.75) is 6.54 Å². The van der Waals surface area contributed by atoms with Crippen LogP contribution in [0.2, 0.25) is 0 Å². The zero-order chi connectivity index (χ0) is 21.6. The number of anilines is 1. The molecule has 2 aromatic carbocycles. The lowest BCUT2D eigenvalue weighted by molar-refractivity contribution is -0.112. The topological polar surface area (TPSA) is 83.8 Å². The van der Waals surface area contributed by atoms with Crippen molar-refractivity contribution in [3.63, 3.8) is 0 Å². The number of amides is 1. The van der Waals surface area contributed by atoms with Crippen LogP contribution in [0, 0.1) is 11.3 Å². The van der Waals surface area contributed by atoms with Gasteiger partial charge in [0.1, 0.15) is 17.4 Å². The van der Waals surface area contributed by atoms with E-state index in [1.165, 1.54) is 0 Å². The van der Waals surface area contributed by atoms with E-state index in [1.54, 1.807) is 31.4 Å². The lowest BCUT2D eigenvalue weighted by Crippen LogP contribution is -2.32. The molecule has 1 fully saturated rings. The van der Waals surface area contributed by atoms with Crippen LogP contribution >= 0.6 is 11.8 Å². The quantitative estimate of drug-likeness (QED) is 0.547. The minimum Gasteiger partial charge on any atom is -0.496 e. The van der Waals surface area contributed by atoms with Gasteiger partial charge in [0, 0.05) is 48.5 Å². The Hall–Kier alpha value is -3.15. The number of ether oxygens (including phenoxy) is 3. The number of methoxy groups -OCH3 is 1. The Morgan fingerprint density at radius 1 is 1.23 bits per heavy atom. The van der Waals surface area contributed by atoms with Crippen LogP contribution < -0.4 is 19.5 Å². The maximum atomic E-state index is 12.7. The fourth-order valence-electron chi connectivity index (χ4n) is 3.50. The smallest absolute Gasteiger partial charge is 0.266 e. The Kier molecular flexibility index (Phi) is 6.65. The average molecular weight is 438 g/mol. The van der Waals surface area contributed by atoms with Crippen molar-refractivity contribution in [1.82, 2.24) is 4.90 Å². The summed E-state index contributed by atoms with van der Waals surface area (Å²) in [7, 11) is 1.65. The summed E-state index contributed by atoms with van der Waals surface area (Å²) < 4.78 is 16.1. The third kappa shape index (κ3) is 5.13. The number of nitrogens with one attached hydrogen (secondary N) is 1. The van der Waals surface area contributed by atoms with Gasteiger partial charge < -0.3 is 19.5 Å². The first kappa shape index (κ1) is 21.1. The van der Waals surface area contributed by atoms with Crippen LogP contribution in [-0.4, -0.2) is 49.3 Å². The number of thioether (sulfide) groups is 1. The van der Waals surface area contributed by atoms with Crippen molar-refractivity contribution in [2.24, 2.45) is 0 Å². The molecule has 160 valence electrons. The van der Waals surface area contributed by atoms with Gasteiger partial charge in [-0.15, -0.1) is 0 Å². The van der Waals surface area contributed by atoms with Crippen molar-refractivity contribution in [2.75, 3.05) is 43.8 Å². The molecule has 1 saturated heterocycles. The molecule has 0 atom stereocenters. The minimum atomic E-state index is -0.480. The molecule has 0 bridgehead atoms. The van der Waals surface area contributed by atoms with Crippen molar-refractivity contribution in [1.29, 1.82) is 5.26 Å². The standard InChI is InChI=1S/C23H23N3O4S/c1-28-20-4-2-16(11-18(20)14-26-6-8-31-9-7-26)10-17(13-24)23(27)25-19-3-5-21-22(12-19)30-15-29-21/h2-5,10-12H,6-9,14-15H2,1H3,(H,25,27). The van der Waals surface area contributed by atoms with Crippen molar-refractivity contribution < 1.29 is 19.0 Å². The van der Waals surface area contributed by atoms with E-state index in [9.17, 15) is 10.1 Å². The largest absolute Gasteiger partial charge is 0.496 e. The van der Waals surface area contributed by atoms with Gasteiger partial charge in [-0.25, -0.2) is 0 Å². The van der Waals surface area contributed by atoms with E-state index in [-0.39, 0.29) is 12.4 Å². The molecule has 2 aromatic rings. The molecule has 1 N–H and O–H groups in total. The number of nitrogens with zero attached hydrogens (tertiary/aromatic N) is 2. The molecule has 31 heavy (non-hydrogen) atoms. The maximum Gasteiger partial charge on any atom is 0.266 e. The third-order valence-corrected chi connectivity index (χ3v) is 6.05. The Morgan fingerprint density at radius 2 is 2.03 bits per heavy atom. The summed E-state index contributed by atoms with van der Waals surface area (Å²) in [5, 5.41) is 12.3. The third-order valence-electron chi connectivity index (χ3n) is 5.11. The number of carbonyl (C=O) groups excluding carboxylic acids is 1. The number of nitriles is 1. The number of hydrogen-bond donors (Lipinski definition) is 1. The second kappa shape index (κ2) is 9.77. The molecule has 0 aliphatic carbocycles. The summed E-state index contributed by atoms with van der Waals surface area (Å²) in [5.74, 6) is 3.77. The van der Waals surface area contributed by atoms with Crippen molar-refractivity contribution in [3.05, 3.63) is 53.1 Å². The van der Waals surface area contributed by atoms with Gasteiger partial charge in [0.2, 0.25) is 6.79 Å². The van der Waals surface area contributed by atoms with Gasteiger partial charge in [0.25, 0.3) is 5.91 Å². The predicted octanol–water partition coefficient (Wildman–Crippen LogP) is 3.52. The first-order chi connectivity index (χ1) is 15.2. The van der Waals surface area contributed by atoms with Gasteiger partial charge in [-0.1, -0.05) is 6.07 Å². The Bertz CT molecular complexity index is 1040. The fraction of sp³-hybridized carbons (Fsp3) is 0.304. The number of rotatable bonds is 6. The Labute approximate surface area is 185 Å². The van der Waals surface area contributed by atoms with Crippen LogP contribution in [0.15, 0.2) is 42.0 Å². The molecule has 7 nitrogen and oxygen atoms in total. The van der Waals surface area contributed by atoms with Gasteiger partial charge in [0.05, 0.1) is 7.11 Å². The summed E-state index contributed by atoms with van der Waals surface area (Å²) in [6.07, 6.45) is 1.59. The number of fused-ring (bicyclic) bond motifs is 1. The van der Waals surface area contributed by atoms with Crippen LogP contribution in [0.1, 0.15) is 11.1 Å². The zero-order valence-electron chi connectivity index (χ0n) is 17.2. The van der Waals surface area contributed by atoms with Gasteiger partial charge in [-0.3, -0.25) is 9.69 Å². The Morgan fingerprint density at radius 3 is 2.81 bits per heavy atom. The highest BCUT2D eigenvalue weighted by Gasteiger charge is 2.17. The molecule has 2 aliphatic heterocycles. The molecule has 0 spiro atoms. The second-order valence-corrected chi connectivity index (χ2v) is 8.38. The SMILES string of the molecule is COc1ccc(C=C(C#N)C(=O)Nc2ccc3c(c2)OCO3)cc1CN1CCSCC1. The first-order valence-corrected chi connectivity index (χ1v) is 11.1. The highest BCUT2D eigenvalue weighted by Crippen LogP contribution is 2.34. The second-order valence-electron chi connectivity index (χ2n) is 7.15. The van der Waals surface area contributed by atoms with E-state index in [0.29, 0.717) is 17.2 Å². The van der Waals surface area contributed by atoms with Crippen molar-refractivity contribution in [3.8, 4) is 23.3 Å². The minimum absolute atomic E-state index is 0.0168. The number of carbonyl (C=O) groups is 1. The molecular formula is C23H23N3O4S. The summed E-state index contributed by atoms with van der Waals surface area (Å²) in [6.45, 7) is 3.01. The molecule has 2 heterocycles. The molecule has 0 unspecified atom stereocenters. The first-order valence-electron chi connectivity index (χ1n) is 9.96. The summed E-state index contributed by atoms with van der Waals surface area (Å²) in [5.41, 5.74) is 2.37. The molecular weight excluding hydrogens is 414 g/mol. The predicted molar refractivity (Wildman–Crippen MR) is 120 cm³/mol. The van der Waals surface area contributed by atoms with Gasteiger partial charge in [-0.2, -0.15) is 17.0 Å². The van der Waals surface area contributed by atoms with E-state index in [0.717, 1.165) is 48.0 Å². The summed E-state index contributed by atoms with van der Waals surface area (Å²) in [6, 6.07) is 12.8. The lowest BCUT2D eigenvalue weighted by atomic mass is 10.1. The molecule has 1 amide bonds. The molecule has 0 saturated carbocycles. The summed E-state index contributed by atoms with van der Waals surface area (Å²) >= 11 is 1.97. The van der Waals surface area contributed by atoms with Gasteiger partial charge >= 0.3 is 0 Å². The number of hydrogen-bond acceptors (Lipinski definition) is 7. The van der Waals surface area contributed by atoms with Gasteiger partial charge in [-0.05, 0) is 35.9 Å². The Balaban J connectivity index is 1.51. The molecule has 8 heteroatoms. The normalized spacial score (nSPS) is 15.9. The van der Waals surface area contributed by atoms with Crippen LogP contribution in [0.25, 0.3) is 6.08 Å².